The highest BCUT2D eigenvalue weighted by atomic mass is 35.5. The molecule has 0 aliphatic carbocycles. The van der Waals surface area contributed by atoms with E-state index in [4.69, 9.17) is 27.6 Å². The van der Waals surface area contributed by atoms with Crippen molar-refractivity contribution in [2.75, 3.05) is 0 Å². The summed E-state index contributed by atoms with van der Waals surface area (Å²) in [5, 5.41) is 5.30. The Morgan fingerprint density at radius 1 is 1.30 bits per heavy atom. The van der Waals surface area contributed by atoms with Crippen LogP contribution in [0.15, 0.2) is 28.7 Å². The minimum absolute atomic E-state index is 0.244. The van der Waals surface area contributed by atoms with Crippen molar-refractivity contribution >= 4 is 39.4 Å². The van der Waals surface area contributed by atoms with E-state index in [-0.39, 0.29) is 5.69 Å². The standard InChI is InChI=1S/C17H16Cl2N2O2/c1-3-4-14-8-11-6-13(18)7-12(16(11)23-14)9-21-10(2)5-15(20-21)17(19)22/h5-8H,3-4,9H2,1-2H3. The molecule has 1 aromatic carbocycles. The van der Waals surface area contributed by atoms with Crippen LogP contribution in [0, 0.1) is 6.92 Å². The fraction of sp³-hybridized carbons (Fsp3) is 0.294. The molecule has 120 valence electrons. The molecule has 0 radical (unpaired) electrons. The van der Waals surface area contributed by atoms with Crippen molar-refractivity contribution in [3.8, 4) is 0 Å². The number of hydrogen-bond donors (Lipinski definition) is 0. The second kappa shape index (κ2) is 6.38. The molecule has 0 atom stereocenters. The van der Waals surface area contributed by atoms with Gasteiger partial charge in [0.15, 0.2) is 0 Å². The molecule has 3 aromatic rings. The third kappa shape index (κ3) is 3.28. The maximum atomic E-state index is 11.3. The molecule has 6 heteroatoms. The van der Waals surface area contributed by atoms with E-state index in [1.165, 1.54) is 0 Å². The second-order valence-electron chi connectivity index (χ2n) is 5.55. The van der Waals surface area contributed by atoms with E-state index in [0.29, 0.717) is 11.6 Å². The number of fused-ring (bicyclic) bond motifs is 1. The highest BCUT2D eigenvalue weighted by molar-refractivity contribution is 6.67. The fourth-order valence-corrected chi connectivity index (χ4v) is 3.00. The van der Waals surface area contributed by atoms with Gasteiger partial charge in [-0.05, 0) is 49.2 Å². The van der Waals surface area contributed by atoms with Gasteiger partial charge in [0.05, 0.1) is 6.54 Å². The van der Waals surface area contributed by atoms with Gasteiger partial charge in [-0.25, -0.2) is 0 Å². The molecule has 0 fully saturated rings. The van der Waals surface area contributed by atoms with Gasteiger partial charge >= 0.3 is 0 Å². The van der Waals surface area contributed by atoms with Crippen LogP contribution in [0.1, 0.15) is 40.9 Å². The van der Waals surface area contributed by atoms with E-state index in [0.717, 1.165) is 40.8 Å². The van der Waals surface area contributed by atoms with Crippen LogP contribution >= 0.6 is 23.2 Å². The maximum Gasteiger partial charge on any atom is 0.272 e. The van der Waals surface area contributed by atoms with E-state index in [1.807, 2.05) is 25.1 Å². The summed E-state index contributed by atoms with van der Waals surface area (Å²) in [5.74, 6) is 0.944. The molecule has 0 unspecified atom stereocenters. The van der Waals surface area contributed by atoms with Crippen molar-refractivity contribution in [1.82, 2.24) is 9.78 Å². The van der Waals surface area contributed by atoms with E-state index in [2.05, 4.69) is 12.0 Å². The number of hydrogen-bond acceptors (Lipinski definition) is 3. The SMILES string of the molecule is CCCc1cc2cc(Cl)cc(Cn3nc(C(=O)Cl)cc3C)c2o1. The molecule has 0 bridgehead atoms. The topological polar surface area (TPSA) is 48.0 Å². The van der Waals surface area contributed by atoms with Crippen molar-refractivity contribution in [2.24, 2.45) is 0 Å². The van der Waals surface area contributed by atoms with Crippen LogP contribution in [0.25, 0.3) is 11.0 Å². The Morgan fingerprint density at radius 3 is 2.74 bits per heavy atom. The highest BCUT2D eigenvalue weighted by Crippen LogP contribution is 2.28. The molecule has 2 aromatic heterocycles. The van der Waals surface area contributed by atoms with Crippen LogP contribution in [0.4, 0.5) is 0 Å². The lowest BCUT2D eigenvalue weighted by molar-refractivity contribution is 0.107. The van der Waals surface area contributed by atoms with Crippen molar-refractivity contribution in [1.29, 1.82) is 0 Å². The van der Waals surface area contributed by atoms with Crippen LogP contribution in [0.3, 0.4) is 0 Å². The number of rotatable bonds is 5. The van der Waals surface area contributed by atoms with Crippen LogP contribution in [-0.4, -0.2) is 15.0 Å². The minimum atomic E-state index is -0.564. The first-order chi connectivity index (χ1) is 11.0. The first-order valence-electron chi connectivity index (χ1n) is 7.43. The first-order valence-corrected chi connectivity index (χ1v) is 8.18. The number of benzene rings is 1. The van der Waals surface area contributed by atoms with Crippen LogP contribution in [0.5, 0.6) is 0 Å². The van der Waals surface area contributed by atoms with Crippen molar-refractivity contribution in [3.63, 3.8) is 0 Å². The van der Waals surface area contributed by atoms with Crippen molar-refractivity contribution < 1.29 is 9.21 Å². The normalized spacial score (nSPS) is 11.3. The molecule has 0 N–H and O–H groups in total. The average molecular weight is 351 g/mol. The summed E-state index contributed by atoms with van der Waals surface area (Å²) in [7, 11) is 0. The van der Waals surface area contributed by atoms with E-state index in [1.54, 1.807) is 10.7 Å². The molecular formula is C17H16Cl2N2O2. The van der Waals surface area contributed by atoms with Gasteiger partial charge in [0.25, 0.3) is 5.24 Å². The molecule has 4 nitrogen and oxygen atoms in total. The second-order valence-corrected chi connectivity index (χ2v) is 6.33. The zero-order valence-corrected chi connectivity index (χ0v) is 14.4. The number of carbonyl (C=O) groups is 1. The zero-order valence-electron chi connectivity index (χ0n) is 12.9. The zero-order chi connectivity index (χ0) is 16.6. The summed E-state index contributed by atoms with van der Waals surface area (Å²) in [5.41, 5.74) is 2.83. The summed E-state index contributed by atoms with van der Waals surface area (Å²) >= 11 is 11.7. The highest BCUT2D eigenvalue weighted by Gasteiger charge is 2.14. The molecule has 3 rings (SSSR count). The summed E-state index contributed by atoms with van der Waals surface area (Å²) in [6, 6.07) is 7.46. The monoisotopic (exact) mass is 350 g/mol. The predicted octanol–water partition coefficient (Wildman–Crippen LogP) is 4.97. The molecule has 0 saturated carbocycles. The Morgan fingerprint density at radius 2 is 2.09 bits per heavy atom. The molecule has 23 heavy (non-hydrogen) atoms. The van der Waals surface area contributed by atoms with Crippen molar-refractivity contribution in [3.05, 3.63) is 52.0 Å². The van der Waals surface area contributed by atoms with Gasteiger partial charge < -0.3 is 4.42 Å². The Labute approximate surface area is 144 Å². The summed E-state index contributed by atoms with van der Waals surface area (Å²) in [4.78, 5) is 11.3. The van der Waals surface area contributed by atoms with Crippen LogP contribution in [0.2, 0.25) is 5.02 Å². The van der Waals surface area contributed by atoms with Gasteiger partial charge in [0, 0.05) is 28.1 Å². The predicted molar refractivity (Wildman–Crippen MR) is 91.5 cm³/mol. The molecular weight excluding hydrogens is 335 g/mol. The first kappa shape index (κ1) is 16.1. The number of furan rings is 1. The van der Waals surface area contributed by atoms with Gasteiger partial charge in [-0.1, -0.05) is 18.5 Å². The smallest absolute Gasteiger partial charge is 0.272 e. The maximum absolute atomic E-state index is 11.3. The summed E-state index contributed by atoms with van der Waals surface area (Å²) < 4.78 is 7.69. The van der Waals surface area contributed by atoms with Gasteiger partial charge in [0.1, 0.15) is 17.0 Å². The Bertz CT molecular complexity index is 880. The Hall–Kier alpha value is -1.78. The van der Waals surface area contributed by atoms with E-state index in [9.17, 15) is 4.79 Å². The molecule has 0 aliphatic rings. The number of carbonyl (C=O) groups excluding carboxylic acids is 1. The largest absolute Gasteiger partial charge is 0.461 e. The lowest BCUT2D eigenvalue weighted by atomic mass is 10.1. The molecule has 2 heterocycles. The average Bonchev–Trinajstić information content (AvgIpc) is 3.03. The van der Waals surface area contributed by atoms with Crippen molar-refractivity contribution in [2.45, 2.75) is 33.2 Å². The lowest BCUT2D eigenvalue weighted by Crippen LogP contribution is -2.05. The lowest BCUT2D eigenvalue weighted by Gasteiger charge is -2.06. The molecule has 0 amide bonds. The Balaban J connectivity index is 2.03. The van der Waals surface area contributed by atoms with Gasteiger partial charge in [-0.15, -0.1) is 0 Å². The molecule has 0 saturated heterocycles. The minimum Gasteiger partial charge on any atom is -0.461 e. The summed E-state index contributed by atoms with van der Waals surface area (Å²) in [6.45, 7) is 4.45. The third-order valence-corrected chi connectivity index (χ3v) is 4.12. The molecule has 0 aliphatic heterocycles. The quantitative estimate of drug-likeness (QED) is 0.610. The summed E-state index contributed by atoms with van der Waals surface area (Å²) in [6.07, 6.45) is 1.90. The van der Waals surface area contributed by atoms with Crippen LogP contribution in [-0.2, 0) is 13.0 Å². The fourth-order valence-electron chi connectivity index (χ4n) is 2.65. The van der Waals surface area contributed by atoms with Gasteiger partial charge in [-0.3, -0.25) is 9.48 Å². The van der Waals surface area contributed by atoms with Gasteiger partial charge in [0.2, 0.25) is 0 Å². The third-order valence-electron chi connectivity index (χ3n) is 3.71. The Kier molecular flexibility index (Phi) is 4.46. The number of nitrogens with zero attached hydrogens (tertiary/aromatic N) is 2. The van der Waals surface area contributed by atoms with Gasteiger partial charge in [-0.2, -0.15) is 5.10 Å². The number of aromatic nitrogens is 2. The van der Waals surface area contributed by atoms with E-state index < -0.39 is 5.24 Å². The number of aryl methyl sites for hydroxylation is 2. The molecule has 0 spiro atoms. The van der Waals surface area contributed by atoms with Crippen LogP contribution < -0.4 is 0 Å². The number of halogens is 2. The van der Waals surface area contributed by atoms with E-state index >= 15 is 0 Å².